The molecule has 0 spiro atoms. The maximum absolute atomic E-state index is 10.4. The van der Waals surface area contributed by atoms with Crippen molar-refractivity contribution in [2.45, 2.75) is 19.4 Å². The number of hydrogen-bond donors (Lipinski definition) is 1. The van der Waals surface area contributed by atoms with E-state index in [1.807, 2.05) is 24.4 Å². The number of thiophene rings is 1. The number of aryl methyl sites for hydroxylation is 1. The Labute approximate surface area is 127 Å². The average Bonchev–Trinajstić information content (AvgIpc) is 2.79. The summed E-state index contributed by atoms with van der Waals surface area (Å²) >= 11 is 7.74. The third-order valence-electron chi connectivity index (χ3n) is 3.47. The first-order valence-electron chi connectivity index (χ1n) is 6.54. The predicted octanol–water partition coefficient (Wildman–Crippen LogP) is 5.14. The summed E-state index contributed by atoms with van der Waals surface area (Å²) in [5, 5.41) is 15.5. The molecule has 0 radical (unpaired) electrons. The van der Waals surface area contributed by atoms with Crippen molar-refractivity contribution in [1.82, 2.24) is 0 Å². The SMILES string of the molecule is Cc1csc(C(O)Cc2ccc3ccccc3c2)c1Cl. The maximum Gasteiger partial charge on any atom is 0.0937 e. The van der Waals surface area contributed by atoms with Crippen LogP contribution in [0.5, 0.6) is 0 Å². The van der Waals surface area contributed by atoms with Crippen molar-refractivity contribution < 1.29 is 5.11 Å². The van der Waals surface area contributed by atoms with Gasteiger partial charge in [0, 0.05) is 6.42 Å². The monoisotopic (exact) mass is 302 g/mol. The third kappa shape index (κ3) is 2.59. The van der Waals surface area contributed by atoms with E-state index in [0.29, 0.717) is 11.4 Å². The molecule has 1 nitrogen and oxygen atoms in total. The molecule has 102 valence electrons. The van der Waals surface area contributed by atoms with Crippen molar-refractivity contribution in [3.63, 3.8) is 0 Å². The van der Waals surface area contributed by atoms with Crippen molar-refractivity contribution in [3.05, 3.63) is 68.9 Å². The van der Waals surface area contributed by atoms with Crippen LogP contribution >= 0.6 is 22.9 Å². The minimum atomic E-state index is -0.539. The van der Waals surface area contributed by atoms with Gasteiger partial charge in [0.05, 0.1) is 16.0 Å². The van der Waals surface area contributed by atoms with E-state index in [-0.39, 0.29) is 0 Å². The summed E-state index contributed by atoms with van der Waals surface area (Å²) in [6.07, 6.45) is 0.0483. The molecule has 0 aliphatic heterocycles. The molecule has 3 aromatic rings. The second kappa shape index (κ2) is 5.57. The van der Waals surface area contributed by atoms with Crippen LogP contribution in [-0.4, -0.2) is 5.11 Å². The van der Waals surface area contributed by atoms with Crippen LogP contribution < -0.4 is 0 Å². The molecule has 3 rings (SSSR count). The van der Waals surface area contributed by atoms with Gasteiger partial charge in [-0.3, -0.25) is 0 Å². The topological polar surface area (TPSA) is 20.2 Å². The molecule has 0 saturated heterocycles. The van der Waals surface area contributed by atoms with Crippen LogP contribution in [0.3, 0.4) is 0 Å². The molecule has 0 bridgehead atoms. The molecule has 3 heteroatoms. The number of fused-ring (bicyclic) bond motifs is 1. The first kappa shape index (κ1) is 13.6. The standard InChI is InChI=1S/C17H15ClOS/c1-11-10-20-17(16(11)18)15(19)9-12-6-7-13-4-2-3-5-14(13)8-12/h2-8,10,15,19H,9H2,1H3. The molecule has 1 atom stereocenters. The Balaban J connectivity index is 1.87. The van der Waals surface area contributed by atoms with Gasteiger partial charge in [0.15, 0.2) is 0 Å². The molecule has 2 aromatic carbocycles. The van der Waals surface area contributed by atoms with Gasteiger partial charge >= 0.3 is 0 Å². The third-order valence-corrected chi connectivity index (χ3v) is 5.29. The molecule has 1 N–H and O–H groups in total. The lowest BCUT2D eigenvalue weighted by Crippen LogP contribution is -2.00. The zero-order chi connectivity index (χ0) is 14.1. The van der Waals surface area contributed by atoms with E-state index in [2.05, 4.69) is 30.3 Å². The van der Waals surface area contributed by atoms with Gasteiger partial charge in [0.25, 0.3) is 0 Å². The van der Waals surface area contributed by atoms with E-state index in [1.54, 1.807) is 0 Å². The molecular formula is C17H15ClOS. The van der Waals surface area contributed by atoms with Crippen LogP contribution in [0.2, 0.25) is 5.02 Å². The number of hydrogen-bond acceptors (Lipinski definition) is 2. The predicted molar refractivity (Wildman–Crippen MR) is 86.7 cm³/mol. The molecule has 0 fully saturated rings. The second-order valence-corrected chi connectivity index (χ2v) is 6.29. The molecule has 0 aliphatic carbocycles. The lowest BCUT2D eigenvalue weighted by molar-refractivity contribution is 0.182. The van der Waals surface area contributed by atoms with Crippen LogP contribution in [0, 0.1) is 6.92 Å². The fraction of sp³-hybridized carbons (Fsp3) is 0.176. The Hall–Kier alpha value is -1.35. The van der Waals surface area contributed by atoms with E-state index in [1.165, 1.54) is 22.1 Å². The van der Waals surface area contributed by atoms with Crippen molar-refractivity contribution in [3.8, 4) is 0 Å². The summed E-state index contributed by atoms with van der Waals surface area (Å²) in [7, 11) is 0. The first-order chi connectivity index (χ1) is 9.65. The highest BCUT2D eigenvalue weighted by molar-refractivity contribution is 7.10. The summed E-state index contributed by atoms with van der Waals surface area (Å²) < 4.78 is 0. The molecule has 1 aromatic heterocycles. The molecule has 0 amide bonds. The van der Waals surface area contributed by atoms with Gasteiger partial charge < -0.3 is 5.11 Å². The van der Waals surface area contributed by atoms with Gasteiger partial charge in [-0.15, -0.1) is 11.3 Å². The smallest absolute Gasteiger partial charge is 0.0937 e. The van der Waals surface area contributed by atoms with Crippen molar-refractivity contribution in [2.75, 3.05) is 0 Å². The number of rotatable bonds is 3. The van der Waals surface area contributed by atoms with Crippen LogP contribution in [-0.2, 0) is 6.42 Å². The van der Waals surface area contributed by atoms with Gasteiger partial charge in [-0.25, -0.2) is 0 Å². The maximum atomic E-state index is 10.4. The minimum Gasteiger partial charge on any atom is -0.387 e. The van der Waals surface area contributed by atoms with Crippen molar-refractivity contribution >= 4 is 33.7 Å². The van der Waals surface area contributed by atoms with E-state index in [4.69, 9.17) is 11.6 Å². The second-order valence-electron chi connectivity index (χ2n) is 5.00. The summed E-state index contributed by atoms with van der Waals surface area (Å²) in [4.78, 5) is 0.859. The Morgan fingerprint density at radius 2 is 1.90 bits per heavy atom. The zero-order valence-corrected chi connectivity index (χ0v) is 12.7. The van der Waals surface area contributed by atoms with Gasteiger partial charge in [-0.2, -0.15) is 0 Å². The zero-order valence-electron chi connectivity index (χ0n) is 11.1. The van der Waals surface area contributed by atoms with Crippen LogP contribution in [0.4, 0.5) is 0 Å². The average molecular weight is 303 g/mol. The highest BCUT2D eigenvalue weighted by atomic mass is 35.5. The van der Waals surface area contributed by atoms with E-state index >= 15 is 0 Å². The Bertz CT molecular complexity index is 748. The van der Waals surface area contributed by atoms with Crippen LogP contribution in [0.1, 0.15) is 22.1 Å². The normalized spacial score (nSPS) is 12.8. The van der Waals surface area contributed by atoms with Gasteiger partial charge in [0.1, 0.15) is 0 Å². The summed E-state index contributed by atoms with van der Waals surface area (Å²) in [6, 6.07) is 14.5. The van der Waals surface area contributed by atoms with E-state index in [0.717, 1.165) is 16.0 Å². The van der Waals surface area contributed by atoms with Crippen LogP contribution in [0.15, 0.2) is 47.8 Å². The molecule has 1 heterocycles. The first-order valence-corrected chi connectivity index (χ1v) is 7.80. The fourth-order valence-corrected chi connectivity index (χ4v) is 3.66. The van der Waals surface area contributed by atoms with Gasteiger partial charge in [-0.1, -0.05) is 54.1 Å². The summed E-state index contributed by atoms with van der Waals surface area (Å²) in [5.74, 6) is 0. The van der Waals surface area contributed by atoms with Crippen molar-refractivity contribution in [2.24, 2.45) is 0 Å². The molecule has 1 unspecified atom stereocenters. The van der Waals surface area contributed by atoms with E-state index < -0.39 is 6.10 Å². The summed E-state index contributed by atoms with van der Waals surface area (Å²) in [6.45, 7) is 1.96. The Morgan fingerprint density at radius 1 is 1.15 bits per heavy atom. The summed E-state index contributed by atoms with van der Waals surface area (Å²) in [5.41, 5.74) is 2.16. The van der Waals surface area contributed by atoms with E-state index in [9.17, 15) is 5.11 Å². The quantitative estimate of drug-likeness (QED) is 0.710. The Kier molecular flexibility index (Phi) is 3.79. The molecular weight excluding hydrogens is 288 g/mol. The highest BCUT2D eigenvalue weighted by Crippen LogP contribution is 2.34. The lowest BCUT2D eigenvalue weighted by atomic mass is 10.0. The van der Waals surface area contributed by atoms with Gasteiger partial charge in [0.2, 0.25) is 0 Å². The molecule has 20 heavy (non-hydrogen) atoms. The molecule has 0 aliphatic rings. The molecule has 0 saturated carbocycles. The van der Waals surface area contributed by atoms with Crippen molar-refractivity contribution in [1.29, 1.82) is 0 Å². The number of halogens is 1. The fourth-order valence-electron chi connectivity index (χ4n) is 2.36. The highest BCUT2D eigenvalue weighted by Gasteiger charge is 2.16. The number of benzene rings is 2. The minimum absolute atomic E-state index is 0.539. The Morgan fingerprint density at radius 3 is 2.60 bits per heavy atom. The van der Waals surface area contributed by atoms with Crippen LogP contribution in [0.25, 0.3) is 10.8 Å². The largest absolute Gasteiger partial charge is 0.387 e. The number of aliphatic hydroxyl groups excluding tert-OH is 1. The van der Waals surface area contributed by atoms with Gasteiger partial charge in [-0.05, 0) is 34.2 Å². The lowest BCUT2D eigenvalue weighted by Gasteiger charge is -2.10. The number of aliphatic hydroxyl groups is 1.